The van der Waals surface area contributed by atoms with E-state index < -0.39 is 0 Å². The van der Waals surface area contributed by atoms with Crippen molar-refractivity contribution in [1.29, 1.82) is 0 Å². The van der Waals surface area contributed by atoms with Crippen LogP contribution in [0.1, 0.15) is 16.1 Å². The highest BCUT2D eigenvalue weighted by Gasteiger charge is 2.11. The van der Waals surface area contributed by atoms with E-state index in [4.69, 9.17) is 0 Å². The Morgan fingerprint density at radius 3 is 2.62 bits per heavy atom. The molecule has 0 saturated heterocycles. The van der Waals surface area contributed by atoms with E-state index in [0.717, 1.165) is 17.1 Å². The Morgan fingerprint density at radius 2 is 1.92 bits per heavy atom. The first kappa shape index (κ1) is 16.6. The molecule has 0 aliphatic carbocycles. The average molecular weight is 339 g/mol. The predicted molar refractivity (Wildman–Crippen MR) is 100 cm³/mol. The molecule has 0 aliphatic heterocycles. The van der Waals surface area contributed by atoms with E-state index in [9.17, 15) is 4.79 Å². The van der Waals surface area contributed by atoms with Gasteiger partial charge in [-0.2, -0.15) is 0 Å². The van der Waals surface area contributed by atoms with Gasteiger partial charge in [0.15, 0.2) is 5.13 Å². The van der Waals surface area contributed by atoms with Crippen LogP contribution in [0, 0.1) is 13.8 Å². The summed E-state index contributed by atoms with van der Waals surface area (Å²) in [6.45, 7) is 5.03. The third-order valence-electron chi connectivity index (χ3n) is 3.95. The van der Waals surface area contributed by atoms with Crippen LogP contribution in [0.2, 0.25) is 0 Å². The number of rotatable bonds is 5. The normalized spacial score (nSPS) is 11.2. The number of likely N-dealkylation sites (N-methyl/N-ethyl adjacent to an activating group) is 1. The Hall–Kier alpha value is -2.24. The van der Waals surface area contributed by atoms with Gasteiger partial charge in [-0.05, 0) is 43.3 Å². The SMILES string of the molecule is Cc1nc(NC(=O)CN(C)Cc2ccc3ccccc3c2)sc1C. The molecule has 124 valence electrons. The molecular formula is C19H21N3OS. The Balaban J connectivity index is 1.59. The van der Waals surface area contributed by atoms with Gasteiger partial charge in [0.2, 0.25) is 5.91 Å². The Morgan fingerprint density at radius 1 is 1.17 bits per heavy atom. The minimum atomic E-state index is -0.0351. The number of aromatic nitrogens is 1. The van der Waals surface area contributed by atoms with E-state index >= 15 is 0 Å². The van der Waals surface area contributed by atoms with E-state index in [1.807, 2.05) is 37.9 Å². The summed E-state index contributed by atoms with van der Waals surface area (Å²) in [5.74, 6) is -0.0351. The van der Waals surface area contributed by atoms with E-state index in [2.05, 4.69) is 40.6 Å². The molecule has 5 heteroatoms. The molecule has 0 fully saturated rings. The maximum Gasteiger partial charge on any atom is 0.240 e. The summed E-state index contributed by atoms with van der Waals surface area (Å²) in [5, 5.41) is 6.01. The number of anilines is 1. The van der Waals surface area contributed by atoms with Gasteiger partial charge < -0.3 is 5.32 Å². The lowest BCUT2D eigenvalue weighted by molar-refractivity contribution is -0.117. The standard InChI is InChI=1S/C19H21N3OS/c1-13-14(2)24-19(20-13)21-18(23)12-22(3)11-15-8-9-16-6-4-5-7-17(16)10-15/h4-10H,11-12H2,1-3H3,(H,20,21,23). The molecular weight excluding hydrogens is 318 g/mol. The molecule has 3 aromatic rings. The van der Waals surface area contributed by atoms with Crippen LogP contribution < -0.4 is 5.32 Å². The monoisotopic (exact) mass is 339 g/mol. The molecule has 2 aromatic carbocycles. The van der Waals surface area contributed by atoms with Crippen molar-refractivity contribution >= 4 is 33.1 Å². The van der Waals surface area contributed by atoms with Crippen molar-refractivity contribution in [2.45, 2.75) is 20.4 Å². The third kappa shape index (κ3) is 3.99. The summed E-state index contributed by atoms with van der Waals surface area (Å²) in [6.07, 6.45) is 0. The molecule has 3 rings (SSSR count). The summed E-state index contributed by atoms with van der Waals surface area (Å²) >= 11 is 1.51. The number of fused-ring (bicyclic) bond motifs is 1. The summed E-state index contributed by atoms with van der Waals surface area (Å²) < 4.78 is 0. The van der Waals surface area contributed by atoms with Gasteiger partial charge in [-0.3, -0.25) is 9.69 Å². The average Bonchev–Trinajstić information content (AvgIpc) is 2.84. The fraction of sp³-hybridized carbons (Fsp3) is 0.263. The van der Waals surface area contributed by atoms with Gasteiger partial charge in [0.05, 0.1) is 12.2 Å². The fourth-order valence-electron chi connectivity index (χ4n) is 2.63. The zero-order valence-electron chi connectivity index (χ0n) is 14.2. The minimum Gasteiger partial charge on any atom is -0.301 e. The van der Waals surface area contributed by atoms with Crippen LogP contribution in [0.5, 0.6) is 0 Å². The first-order valence-corrected chi connectivity index (χ1v) is 8.73. The first-order valence-electron chi connectivity index (χ1n) is 7.91. The number of hydrogen-bond acceptors (Lipinski definition) is 4. The van der Waals surface area contributed by atoms with Gasteiger partial charge in [-0.25, -0.2) is 4.98 Å². The number of nitrogens with zero attached hydrogens (tertiary/aromatic N) is 2. The largest absolute Gasteiger partial charge is 0.301 e. The molecule has 4 nitrogen and oxygen atoms in total. The molecule has 1 heterocycles. The zero-order chi connectivity index (χ0) is 17.1. The van der Waals surface area contributed by atoms with Crippen LogP contribution in [0.3, 0.4) is 0 Å². The molecule has 1 N–H and O–H groups in total. The molecule has 24 heavy (non-hydrogen) atoms. The molecule has 1 aromatic heterocycles. The zero-order valence-corrected chi connectivity index (χ0v) is 15.0. The highest BCUT2D eigenvalue weighted by atomic mass is 32.1. The molecule has 0 atom stereocenters. The van der Waals surface area contributed by atoms with E-state index in [-0.39, 0.29) is 5.91 Å². The molecule has 0 bridgehead atoms. The summed E-state index contributed by atoms with van der Waals surface area (Å²) in [4.78, 5) is 19.6. The Bertz CT molecular complexity index is 852. The number of nitrogens with one attached hydrogen (secondary N) is 1. The van der Waals surface area contributed by atoms with Crippen molar-refractivity contribution in [3.8, 4) is 0 Å². The lowest BCUT2D eigenvalue weighted by Crippen LogP contribution is -2.29. The van der Waals surface area contributed by atoms with Gasteiger partial charge in [-0.1, -0.05) is 36.4 Å². The third-order valence-corrected chi connectivity index (χ3v) is 4.94. The molecule has 0 saturated carbocycles. The first-order chi connectivity index (χ1) is 11.5. The van der Waals surface area contributed by atoms with Gasteiger partial charge in [0.1, 0.15) is 0 Å². The smallest absolute Gasteiger partial charge is 0.240 e. The second kappa shape index (κ2) is 7.11. The quantitative estimate of drug-likeness (QED) is 0.764. The molecule has 1 amide bonds. The molecule has 0 spiro atoms. The van der Waals surface area contributed by atoms with E-state index in [1.54, 1.807) is 0 Å². The topological polar surface area (TPSA) is 45.2 Å². The number of hydrogen-bond donors (Lipinski definition) is 1. The number of amides is 1. The Labute approximate surface area is 146 Å². The van der Waals surface area contributed by atoms with Crippen molar-refractivity contribution in [1.82, 2.24) is 9.88 Å². The van der Waals surface area contributed by atoms with Crippen LogP contribution in [0.15, 0.2) is 42.5 Å². The highest BCUT2D eigenvalue weighted by Crippen LogP contribution is 2.21. The summed E-state index contributed by atoms with van der Waals surface area (Å²) in [6, 6.07) is 14.7. The number of aryl methyl sites for hydroxylation is 2. The second-order valence-electron chi connectivity index (χ2n) is 6.06. The number of carbonyl (C=O) groups excluding carboxylic acids is 1. The van der Waals surface area contributed by atoms with Crippen LogP contribution in [-0.2, 0) is 11.3 Å². The van der Waals surface area contributed by atoms with Gasteiger partial charge in [-0.15, -0.1) is 11.3 Å². The van der Waals surface area contributed by atoms with Crippen molar-refractivity contribution in [2.75, 3.05) is 18.9 Å². The van der Waals surface area contributed by atoms with Crippen LogP contribution in [-0.4, -0.2) is 29.4 Å². The number of carbonyl (C=O) groups is 1. The van der Waals surface area contributed by atoms with Crippen LogP contribution >= 0.6 is 11.3 Å². The van der Waals surface area contributed by atoms with Crippen molar-refractivity contribution in [2.24, 2.45) is 0 Å². The van der Waals surface area contributed by atoms with Crippen LogP contribution in [0.25, 0.3) is 10.8 Å². The summed E-state index contributed by atoms with van der Waals surface area (Å²) in [7, 11) is 1.95. The number of benzene rings is 2. The van der Waals surface area contributed by atoms with Crippen LogP contribution in [0.4, 0.5) is 5.13 Å². The van der Waals surface area contributed by atoms with Crippen molar-refractivity contribution < 1.29 is 4.79 Å². The summed E-state index contributed by atoms with van der Waals surface area (Å²) in [5.41, 5.74) is 2.17. The molecule has 0 aliphatic rings. The van der Waals surface area contributed by atoms with E-state index in [0.29, 0.717) is 11.7 Å². The Kier molecular flexibility index (Phi) is 4.92. The molecule has 0 radical (unpaired) electrons. The van der Waals surface area contributed by atoms with Gasteiger partial charge in [0.25, 0.3) is 0 Å². The van der Waals surface area contributed by atoms with Gasteiger partial charge in [0, 0.05) is 11.4 Å². The van der Waals surface area contributed by atoms with E-state index in [1.165, 1.54) is 27.7 Å². The maximum atomic E-state index is 12.2. The highest BCUT2D eigenvalue weighted by molar-refractivity contribution is 7.15. The lowest BCUT2D eigenvalue weighted by Gasteiger charge is -2.16. The fourth-order valence-corrected chi connectivity index (χ4v) is 3.47. The van der Waals surface area contributed by atoms with Crippen molar-refractivity contribution in [3.63, 3.8) is 0 Å². The lowest BCUT2D eigenvalue weighted by atomic mass is 10.1. The maximum absolute atomic E-state index is 12.2. The van der Waals surface area contributed by atoms with Crippen molar-refractivity contribution in [3.05, 3.63) is 58.6 Å². The van der Waals surface area contributed by atoms with Gasteiger partial charge >= 0.3 is 0 Å². The minimum absolute atomic E-state index is 0.0351. The second-order valence-corrected chi connectivity index (χ2v) is 7.27. The molecule has 0 unspecified atom stereocenters. The number of thiazole rings is 1. The predicted octanol–water partition coefficient (Wildman–Crippen LogP) is 3.98.